The molecule has 0 spiro atoms. The van der Waals surface area contributed by atoms with Gasteiger partial charge in [0.25, 0.3) is 0 Å². The van der Waals surface area contributed by atoms with Gasteiger partial charge < -0.3 is 10.4 Å². The van der Waals surface area contributed by atoms with Crippen LogP contribution in [0.3, 0.4) is 0 Å². The third-order valence-electron chi connectivity index (χ3n) is 2.34. The van der Waals surface area contributed by atoms with Crippen molar-refractivity contribution in [3.8, 4) is 0 Å². The first-order chi connectivity index (χ1) is 9.29. The highest BCUT2D eigenvalue weighted by atomic mass is 32.2. The highest BCUT2D eigenvalue weighted by molar-refractivity contribution is 7.84. The zero-order chi connectivity index (χ0) is 15.3. The van der Waals surface area contributed by atoms with Gasteiger partial charge in [-0.3, -0.25) is 9.00 Å². The average Bonchev–Trinajstić information content (AvgIpc) is 2.32. The second kappa shape index (κ2) is 7.09. The first kappa shape index (κ1) is 16.2. The monoisotopic (exact) mass is 305 g/mol. The van der Waals surface area contributed by atoms with Gasteiger partial charge in [-0.2, -0.15) is 0 Å². The van der Waals surface area contributed by atoms with Crippen molar-refractivity contribution in [2.45, 2.75) is 18.7 Å². The van der Waals surface area contributed by atoms with E-state index in [2.05, 4.69) is 5.32 Å². The number of nitrogens with one attached hydrogen (secondary N) is 1. The molecular weight excluding hydrogens is 292 g/mol. The Morgan fingerprint density at radius 3 is 2.50 bits per heavy atom. The predicted molar refractivity (Wildman–Crippen MR) is 68.3 cm³/mol. The van der Waals surface area contributed by atoms with Gasteiger partial charge in [0.05, 0.1) is 5.75 Å². The smallest absolute Gasteiger partial charge is 0.327 e. The van der Waals surface area contributed by atoms with Crippen LogP contribution >= 0.6 is 0 Å². The fourth-order valence-electron chi connectivity index (χ4n) is 1.48. The Balaban J connectivity index is 2.67. The van der Waals surface area contributed by atoms with Crippen molar-refractivity contribution < 1.29 is 27.7 Å². The van der Waals surface area contributed by atoms with Crippen LogP contribution in [0, 0.1) is 11.6 Å². The van der Waals surface area contributed by atoms with E-state index in [0.29, 0.717) is 0 Å². The van der Waals surface area contributed by atoms with Crippen molar-refractivity contribution in [2.75, 3.05) is 5.75 Å². The largest absolute Gasteiger partial charge is 0.480 e. The zero-order valence-electron chi connectivity index (χ0n) is 10.6. The molecule has 0 aromatic heterocycles. The highest BCUT2D eigenvalue weighted by Gasteiger charge is 2.21. The van der Waals surface area contributed by atoms with Crippen LogP contribution in [0.25, 0.3) is 0 Å². The van der Waals surface area contributed by atoms with Crippen LogP contribution in [0.1, 0.15) is 12.5 Å². The number of halogens is 2. The zero-order valence-corrected chi connectivity index (χ0v) is 11.4. The van der Waals surface area contributed by atoms with Crippen LogP contribution in [-0.4, -0.2) is 33.0 Å². The van der Waals surface area contributed by atoms with Crippen LogP contribution in [-0.2, 0) is 26.1 Å². The maximum absolute atomic E-state index is 13.0. The molecule has 20 heavy (non-hydrogen) atoms. The summed E-state index contributed by atoms with van der Waals surface area (Å²) in [6.45, 7) is 1.15. The normalized spacial score (nSPS) is 13.6. The Morgan fingerprint density at radius 2 is 2.00 bits per heavy atom. The van der Waals surface area contributed by atoms with E-state index in [1.807, 2.05) is 0 Å². The van der Waals surface area contributed by atoms with Crippen molar-refractivity contribution >= 4 is 22.7 Å². The maximum atomic E-state index is 13.0. The summed E-state index contributed by atoms with van der Waals surface area (Å²) < 4.78 is 37.5. The van der Waals surface area contributed by atoms with Crippen molar-refractivity contribution in [1.29, 1.82) is 0 Å². The van der Waals surface area contributed by atoms with Crippen LogP contribution in [0.4, 0.5) is 8.78 Å². The molecular formula is C12H13F2NO4S. The molecule has 2 N–H and O–H groups in total. The van der Waals surface area contributed by atoms with Gasteiger partial charge in [-0.15, -0.1) is 0 Å². The molecule has 0 radical (unpaired) electrons. The van der Waals surface area contributed by atoms with E-state index in [-0.39, 0.29) is 17.1 Å². The Bertz CT molecular complexity index is 550. The summed E-state index contributed by atoms with van der Waals surface area (Å²) in [5, 5.41) is 11.0. The molecule has 8 heteroatoms. The lowest BCUT2D eigenvalue weighted by Gasteiger charge is -2.12. The molecule has 1 aromatic rings. The molecule has 0 aliphatic heterocycles. The standard InChI is InChI=1S/C12H13F2NO4S/c1-7(16)15-11(12(17)18)6-20(19)5-8-2-3-9(13)10(14)4-8/h2-4,11H,5-6H2,1H3,(H,15,16)(H,17,18). The topological polar surface area (TPSA) is 83.5 Å². The lowest BCUT2D eigenvalue weighted by Crippen LogP contribution is -2.43. The summed E-state index contributed by atoms with van der Waals surface area (Å²) in [5.74, 6) is -4.37. The van der Waals surface area contributed by atoms with Gasteiger partial charge in [0, 0.05) is 23.5 Å². The molecule has 5 nitrogen and oxygen atoms in total. The summed E-state index contributed by atoms with van der Waals surface area (Å²) in [5.41, 5.74) is 0.286. The number of hydrogen-bond donors (Lipinski definition) is 2. The first-order valence-corrected chi connectivity index (χ1v) is 7.07. The highest BCUT2D eigenvalue weighted by Crippen LogP contribution is 2.11. The van der Waals surface area contributed by atoms with Gasteiger partial charge in [0.1, 0.15) is 6.04 Å². The molecule has 0 aliphatic rings. The summed E-state index contributed by atoms with van der Waals surface area (Å²) in [6.07, 6.45) is 0. The number of carbonyl (C=O) groups is 2. The number of carbonyl (C=O) groups excluding carboxylic acids is 1. The molecule has 0 heterocycles. The molecule has 1 rings (SSSR count). The van der Waals surface area contributed by atoms with E-state index < -0.39 is 40.4 Å². The Hall–Kier alpha value is -1.83. The number of carboxylic acid groups (broad SMARTS) is 1. The number of rotatable bonds is 6. The van der Waals surface area contributed by atoms with Gasteiger partial charge in [-0.1, -0.05) is 6.07 Å². The number of amides is 1. The summed E-state index contributed by atoms with van der Waals surface area (Å²) in [7, 11) is -1.64. The molecule has 1 amide bonds. The molecule has 0 aliphatic carbocycles. The van der Waals surface area contributed by atoms with Crippen LogP contribution in [0.15, 0.2) is 18.2 Å². The van der Waals surface area contributed by atoms with Gasteiger partial charge in [0.2, 0.25) is 5.91 Å². The summed E-state index contributed by atoms with van der Waals surface area (Å²) in [4.78, 5) is 21.7. The van der Waals surface area contributed by atoms with E-state index in [1.165, 1.54) is 6.07 Å². The summed E-state index contributed by atoms with van der Waals surface area (Å²) >= 11 is 0. The second-order valence-corrected chi connectivity index (χ2v) is 5.59. The Kier molecular flexibility index (Phi) is 5.75. The third-order valence-corrected chi connectivity index (χ3v) is 3.70. The second-order valence-electron chi connectivity index (χ2n) is 4.09. The van der Waals surface area contributed by atoms with E-state index >= 15 is 0 Å². The molecule has 0 saturated carbocycles. The minimum Gasteiger partial charge on any atom is -0.480 e. The van der Waals surface area contributed by atoms with Gasteiger partial charge >= 0.3 is 5.97 Å². The first-order valence-electron chi connectivity index (χ1n) is 5.58. The minimum atomic E-state index is -1.64. The minimum absolute atomic E-state index is 0.124. The third kappa shape index (κ3) is 5.04. The number of benzene rings is 1. The fourth-order valence-corrected chi connectivity index (χ4v) is 2.75. The molecule has 0 bridgehead atoms. The van der Waals surface area contributed by atoms with Crippen LogP contribution in [0.5, 0.6) is 0 Å². The number of hydrogen-bond acceptors (Lipinski definition) is 3. The molecule has 2 unspecified atom stereocenters. The van der Waals surface area contributed by atoms with E-state index in [0.717, 1.165) is 19.1 Å². The lowest BCUT2D eigenvalue weighted by atomic mass is 10.2. The average molecular weight is 305 g/mol. The SMILES string of the molecule is CC(=O)NC(CS(=O)Cc1ccc(F)c(F)c1)C(=O)O. The quantitative estimate of drug-likeness (QED) is 0.814. The number of carboxylic acids is 1. The van der Waals surface area contributed by atoms with E-state index in [4.69, 9.17) is 5.11 Å². The van der Waals surface area contributed by atoms with Crippen molar-refractivity contribution in [2.24, 2.45) is 0 Å². The van der Waals surface area contributed by atoms with E-state index in [1.54, 1.807) is 0 Å². The van der Waals surface area contributed by atoms with Crippen LogP contribution in [0.2, 0.25) is 0 Å². The van der Waals surface area contributed by atoms with Gasteiger partial charge in [-0.05, 0) is 17.7 Å². The van der Waals surface area contributed by atoms with Gasteiger partial charge in [-0.25, -0.2) is 13.6 Å². The van der Waals surface area contributed by atoms with Gasteiger partial charge in [0.15, 0.2) is 11.6 Å². The fraction of sp³-hybridized carbons (Fsp3) is 0.333. The van der Waals surface area contributed by atoms with E-state index in [9.17, 15) is 22.6 Å². The lowest BCUT2D eigenvalue weighted by molar-refractivity contribution is -0.140. The Labute approximate surface area is 116 Å². The van der Waals surface area contributed by atoms with Crippen LogP contribution < -0.4 is 5.32 Å². The van der Waals surface area contributed by atoms with Crippen molar-refractivity contribution in [3.05, 3.63) is 35.4 Å². The number of aliphatic carboxylic acids is 1. The molecule has 1 aromatic carbocycles. The predicted octanol–water partition coefficient (Wildman–Crippen LogP) is 0.803. The Morgan fingerprint density at radius 1 is 1.35 bits per heavy atom. The van der Waals surface area contributed by atoms with Crippen molar-refractivity contribution in [1.82, 2.24) is 5.32 Å². The molecule has 0 fully saturated rings. The summed E-state index contributed by atoms with van der Waals surface area (Å²) in [6, 6.07) is 1.80. The maximum Gasteiger partial charge on any atom is 0.327 e. The molecule has 110 valence electrons. The van der Waals surface area contributed by atoms with Crippen molar-refractivity contribution in [3.63, 3.8) is 0 Å². The molecule has 0 saturated heterocycles. The molecule has 2 atom stereocenters.